The standard InChI is InChI=1S/C23H25N3O4S/c1-4-26(23-25-19(14-31-23)18-7-5-6-8-20(18)30-3)13-16-9-11-17(12-10-16)21(27)24-15(2)22(28)29/h5-12,14-15H,4,13H2,1-3H3,(H,24,27)(H,28,29). The van der Waals surface area contributed by atoms with Crippen LogP contribution in [0.3, 0.4) is 0 Å². The number of carboxylic acids is 1. The lowest BCUT2D eigenvalue weighted by atomic mass is 10.1. The molecule has 1 amide bonds. The molecule has 8 heteroatoms. The number of methoxy groups -OCH3 is 1. The molecule has 2 aromatic carbocycles. The molecule has 1 unspecified atom stereocenters. The van der Waals surface area contributed by atoms with Gasteiger partial charge in [-0.15, -0.1) is 11.3 Å². The third-order valence-electron chi connectivity index (χ3n) is 4.83. The minimum atomic E-state index is -1.07. The van der Waals surface area contributed by atoms with Crippen LogP contribution in [0.15, 0.2) is 53.9 Å². The highest BCUT2D eigenvalue weighted by molar-refractivity contribution is 7.14. The molecule has 0 aliphatic heterocycles. The summed E-state index contributed by atoms with van der Waals surface area (Å²) in [7, 11) is 1.65. The highest BCUT2D eigenvalue weighted by Gasteiger charge is 2.16. The van der Waals surface area contributed by atoms with Crippen molar-refractivity contribution in [3.05, 3.63) is 65.0 Å². The maximum absolute atomic E-state index is 12.2. The van der Waals surface area contributed by atoms with Crippen molar-refractivity contribution >= 4 is 28.3 Å². The van der Waals surface area contributed by atoms with Gasteiger partial charge in [-0.1, -0.05) is 24.3 Å². The van der Waals surface area contributed by atoms with Crippen LogP contribution in [-0.4, -0.2) is 41.7 Å². The fourth-order valence-corrected chi connectivity index (χ4v) is 3.92. The van der Waals surface area contributed by atoms with Gasteiger partial charge in [-0.05, 0) is 43.7 Å². The molecule has 0 aliphatic rings. The van der Waals surface area contributed by atoms with Crippen LogP contribution in [0.4, 0.5) is 5.13 Å². The fraction of sp³-hybridized carbons (Fsp3) is 0.261. The number of carboxylic acid groups (broad SMARTS) is 1. The number of aliphatic carboxylic acids is 1. The van der Waals surface area contributed by atoms with Crippen molar-refractivity contribution in [2.45, 2.75) is 26.4 Å². The van der Waals surface area contributed by atoms with Gasteiger partial charge in [0.15, 0.2) is 5.13 Å². The first-order valence-electron chi connectivity index (χ1n) is 9.89. The average Bonchev–Trinajstić information content (AvgIpc) is 3.27. The van der Waals surface area contributed by atoms with E-state index in [4.69, 9.17) is 14.8 Å². The zero-order valence-corrected chi connectivity index (χ0v) is 18.5. The smallest absolute Gasteiger partial charge is 0.325 e. The number of carbonyl (C=O) groups excluding carboxylic acids is 1. The Kier molecular flexibility index (Phi) is 7.25. The molecule has 0 radical (unpaired) electrons. The van der Waals surface area contributed by atoms with Gasteiger partial charge >= 0.3 is 5.97 Å². The van der Waals surface area contributed by atoms with Crippen LogP contribution in [-0.2, 0) is 11.3 Å². The Labute approximate surface area is 185 Å². The Morgan fingerprint density at radius 2 is 1.90 bits per heavy atom. The van der Waals surface area contributed by atoms with Crippen LogP contribution in [0.1, 0.15) is 29.8 Å². The minimum Gasteiger partial charge on any atom is -0.496 e. The lowest BCUT2D eigenvalue weighted by molar-refractivity contribution is -0.138. The third-order valence-corrected chi connectivity index (χ3v) is 5.74. The number of rotatable bonds is 9. The average molecular weight is 440 g/mol. The molecule has 0 saturated heterocycles. The lowest BCUT2D eigenvalue weighted by Gasteiger charge is -2.20. The van der Waals surface area contributed by atoms with E-state index >= 15 is 0 Å². The molecule has 3 aromatic rings. The number of nitrogens with one attached hydrogen (secondary N) is 1. The maximum atomic E-state index is 12.2. The fourth-order valence-electron chi connectivity index (χ4n) is 3.03. The quantitative estimate of drug-likeness (QED) is 0.523. The summed E-state index contributed by atoms with van der Waals surface area (Å²) in [5.74, 6) is -0.692. The van der Waals surface area contributed by atoms with Crippen LogP contribution in [0.25, 0.3) is 11.3 Å². The van der Waals surface area contributed by atoms with Crippen molar-refractivity contribution in [2.24, 2.45) is 0 Å². The van der Waals surface area contributed by atoms with Gasteiger partial charge in [0.1, 0.15) is 11.8 Å². The van der Waals surface area contributed by atoms with E-state index in [1.165, 1.54) is 6.92 Å². The van der Waals surface area contributed by atoms with Gasteiger partial charge in [0, 0.05) is 29.6 Å². The molecule has 0 fully saturated rings. The zero-order valence-electron chi connectivity index (χ0n) is 17.7. The first-order valence-corrected chi connectivity index (χ1v) is 10.8. The van der Waals surface area contributed by atoms with Gasteiger partial charge in [0.2, 0.25) is 0 Å². The van der Waals surface area contributed by atoms with Crippen LogP contribution in [0.2, 0.25) is 0 Å². The predicted molar refractivity (Wildman–Crippen MR) is 122 cm³/mol. The number of nitrogens with zero attached hydrogens (tertiary/aromatic N) is 2. The summed E-state index contributed by atoms with van der Waals surface area (Å²) in [5.41, 5.74) is 3.27. The second-order valence-electron chi connectivity index (χ2n) is 6.96. The number of para-hydroxylation sites is 1. The third kappa shape index (κ3) is 5.40. The van der Waals surface area contributed by atoms with Crippen molar-refractivity contribution in [1.29, 1.82) is 0 Å². The molecule has 0 aliphatic carbocycles. The monoisotopic (exact) mass is 439 g/mol. The number of anilines is 1. The number of carbonyl (C=O) groups is 2. The van der Waals surface area contributed by atoms with Gasteiger partial charge in [-0.2, -0.15) is 0 Å². The number of aromatic nitrogens is 1. The van der Waals surface area contributed by atoms with Crippen LogP contribution < -0.4 is 15.0 Å². The highest BCUT2D eigenvalue weighted by Crippen LogP contribution is 2.33. The molecule has 1 heterocycles. The van der Waals surface area contributed by atoms with Crippen LogP contribution in [0.5, 0.6) is 5.75 Å². The number of benzene rings is 2. The second kappa shape index (κ2) is 10.1. The Bertz CT molecular complexity index is 1050. The molecule has 2 N–H and O–H groups in total. The largest absolute Gasteiger partial charge is 0.496 e. The molecule has 0 bridgehead atoms. The molecular weight excluding hydrogens is 414 g/mol. The maximum Gasteiger partial charge on any atom is 0.325 e. The number of hydrogen-bond acceptors (Lipinski definition) is 6. The molecule has 0 spiro atoms. The molecule has 31 heavy (non-hydrogen) atoms. The SMILES string of the molecule is CCN(Cc1ccc(C(=O)NC(C)C(=O)O)cc1)c1nc(-c2ccccc2OC)cs1. The van der Waals surface area contributed by atoms with E-state index in [0.29, 0.717) is 12.1 Å². The van der Waals surface area contributed by atoms with E-state index in [9.17, 15) is 9.59 Å². The summed E-state index contributed by atoms with van der Waals surface area (Å²) in [4.78, 5) is 30.0. The van der Waals surface area contributed by atoms with Gasteiger partial charge in [-0.25, -0.2) is 4.98 Å². The van der Waals surface area contributed by atoms with Crippen molar-refractivity contribution in [2.75, 3.05) is 18.6 Å². The molecule has 0 saturated carbocycles. The molecule has 3 rings (SSSR count). The molecule has 7 nitrogen and oxygen atoms in total. The van der Waals surface area contributed by atoms with Crippen molar-refractivity contribution in [3.8, 4) is 17.0 Å². The summed E-state index contributed by atoms with van der Waals surface area (Å²) in [5, 5.41) is 14.3. The second-order valence-corrected chi connectivity index (χ2v) is 7.80. The molecule has 1 atom stereocenters. The van der Waals surface area contributed by atoms with Crippen molar-refractivity contribution < 1.29 is 19.4 Å². The summed E-state index contributed by atoms with van der Waals surface area (Å²) in [6, 6.07) is 14.0. The number of ether oxygens (including phenoxy) is 1. The predicted octanol–water partition coefficient (Wildman–Crippen LogP) is 4.05. The molecular formula is C23H25N3O4S. The normalized spacial score (nSPS) is 11.6. The Hall–Kier alpha value is -3.39. The summed E-state index contributed by atoms with van der Waals surface area (Å²) >= 11 is 1.57. The minimum absolute atomic E-state index is 0.407. The highest BCUT2D eigenvalue weighted by atomic mass is 32.1. The zero-order chi connectivity index (χ0) is 22.4. The summed E-state index contributed by atoms with van der Waals surface area (Å²) in [6.07, 6.45) is 0. The van der Waals surface area contributed by atoms with E-state index in [1.807, 2.05) is 41.8 Å². The Morgan fingerprint density at radius 1 is 1.19 bits per heavy atom. The van der Waals surface area contributed by atoms with Crippen LogP contribution >= 0.6 is 11.3 Å². The summed E-state index contributed by atoms with van der Waals surface area (Å²) in [6.45, 7) is 4.92. The van der Waals surface area contributed by atoms with E-state index in [-0.39, 0.29) is 0 Å². The number of thiazole rings is 1. The van der Waals surface area contributed by atoms with E-state index < -0.39 is 17.9 Å². The topological polar surface area (TPSA) is 91.8 Å². The van der Waals surface area contributed by atoms with E-state index in [1.54, 1.807) is 30.6 Å². The summed E-state index contributed by atoms with van der Waals surface area (Å²) < 4.78 is 5.44. The van der Waals surface area contributed by atoms with Gasteiger partial charge < -0.3 is 20.1 Å². The first kappa shape index (κ1) is 22.3. The lowest BCUT2D eigenvalue weighted by Crippen LogP contribution is -2.38. The van der Waals surface area contributed by atoms with E-state index in [2.05, 4.69) is 17.1 Å². The van der Waals surface area contributed by atoms with Gasteiger partial charge in [0.25, 0.3) is 5.91 Å². The number of hydrogen-bond donors (Lipinski definition) is 2. The number of amides is 1. The Morgan fingerprint density at radius 3 is 2.55 bits per heavy atom. The van der Waals surface area contributed by atoms with Gasteiger partial charge in [-0.3, -0.25) is 9.59 Å². The van der Waals surface area contributed by atoms with Gasteiger partial charge in [0.05, 0.1) is 12.8 Å². The van der Waals surface area contributed by atoms with E-state index in [0.717, 1.165) is 34.2 Å². The van der Waals surface area contributed by atoms with Crippen LogP contribution in [0, 0.1) is 0 Å². The van der Waals surface area contributed by atoms with Crippen molar-refractivity contribution in [1.82, 2.24) is 10.3 Å². The first-order chi connectivity index (χ1) is 14.9. The van der Waals surface area contributed by atoms with Crippen molar-refractivity contribution in [3.63, 3.8) is 0 Å². The Balaban J connectivity index is 1.71. The molecule has 1 aromatic heterocycles. The molecule has 162 valence electrons.